The van der Waals surface area contributed by atoms with Crippen LogP contribution in [0.5, 0.6) is 0 Å². The van der Waals surface area contributed by atoms with E-state index in [0.29, 0.717) is 29.0 Å². The van der Waals surface area contributed by atoms with Crippen LogP contribution in [0.1, 0.15) is 82.8 Å². The van der Waals surface area contributed by atoms with E-state index in [9.17, 15) is 0 Å². The van der Waals surface area contributed by atoms with Gasteiger partial charge in [-0.15, -0.1) is 11.6 Å². The minimum absolute atomic E-state index is 0.345. The predicted molar refractivity (Wildman–Crippen MR) is 94.3 cm³/mol. The van der Waals surface area contributed by atoms with Crippen molar-refractivity contribution < 1.29 is 0 Å². The third kappa shape index (κ3) is 4.03. The smallest absolute Gasteiger partial charge is 0.0370 e. The SMILES string of the molecule is CCCCCC(C)c1ccc(C2C(C)CC(Cl)C2C)cc1. The first-order valence-electron chi connectivity index (χ1n) is 8.78. The first-order valence-corrected chi connectivity index (χ1v) is 9.22. The number of rotatable bonds is 6. The zero-order valence-corrected chi connectivity index (χ0v) is 14.9. The van der Waals surface area contributed by atoms with Gasteiger partial charge in [0.15, 0.2) is 0 Å². The van der Waals surface area contributed by atoms with Gasteiger partial charge in [0.2, 0.25) is 0 Å². The minimum atomic E-state index is 0.345. The van der Waals surface area contributed by atoms with Crippen molar-refractivity contribution in [3.05, 3.63) is 35.4 Å². The topological polar surface area (TPSA) is 0 Å². The van der Waals surface area contributed by atoms with Gasteiger partial charge in [-0.3, -0.25) is 0 Å². The molecular weight excluding hydrogens is 276 g/mol. The van der Waals surface area contributed by atoms with Crippen LogP contribution in [0.15, 0.2) is 24.3 Å². The molecule has 2 rings (SSSR count). The molecule has 0 amide bonds. The Morgan fingerprint density at radius 3 is 2.33 bits per heavy atom. The summed E-state index contributed by atoms with van der Waals surface area (Å²) in [5.74, 6) is 2.62. The number of hydrogen-bond acceptors (Lipinski definition) is 0. The molecule has 0 saturated heterocycles. The molecule has 21 heavy (non-hydrogen) atoms. The molecule has 1 saturated carbocycles. The van der Waals surface area contributed by atoms with E-state index in [-0.39, 0.29) is 0 Å². The van der Waals surface area contributed by atoms with Crippen molar-refractivity contribution >= 4 is 11.6 Å². The maximum Gasteiger partial charge on any atom is 0.0370 e. The summed E-state index contributed by atoms with van der Waals surface area (Å²) in [6, 6.07) is 9.43. The first-order chi connectivity index (χ1) is 10.0. The van der Waals surface area contributed by atoms with Crippen LogP contribution in [0.25, 0.3) is 0 Å². The van der Waals surface area contributed by atoms with Gasteiger partial charge in [0.05, 0.1) is 0 Å². The fraction of sp³-hybridized carbons (Fsp3) is 0.700. The molecule has 1 heteroatoms. The Morgan fingerprint density at radius 2 is 1.81 bits per heavy atom. The lowest BCUT2D eigenvalue weighted by molar-refractivity contribution is 0.461. The Bertz CT molecular complexity index is 422. The van der Waals surface area contributed by atoms with Gasteiger partial charge in [-0.25, -0.2) is 0 Å². The van der Waals surface area contributed by atoms with Crippen LogP contribution in [0.3, 0.4) is 0 Å². The fourth-order valence-corrected chi connectivity index (χ4v) is 4.44. The molecule has 1 aliphatic rings. The van der Waals surface area contributed by atoms with Crippen LogP contribution >= 0.6 is 11.6 Å². The maximum atomic E-state index is 6.45. The Balaban J connectivity index is 2.02. The lowest BCUT2D eigenvalue weighted by Gasteiger charge is -2.22. The van der Waals surface area contributed by atoms with E-state index >= 15 is 0 Å². The molecule has 0 nitrogen and oxygen atoms in total. The molecule has 118 valence electrons. The highest BCUT2D eigenvalue weighted by Gasteiger charge is 2.37. The summed E-state index contributed by atoms with van der Waals surface area (Å²) >= 11 is 6.45. The maximum absolute atomic E-state index is 6.45. The molecule has 0 N–H and O–H groups in total. The summed E-state index contributed by atoms with van der Waals surface area (Å²) in [6.07, 6.45) is 6.49. The zero-order chi connectivity index (χ0) is 15.4. The van der Waals surface area contributed by atoms with Crippen LogP contribution in [0.4, 0.5) is 0 Å². The third-order valence-electron chi connectivity index (χ3n) is 5.48. The van der Waals surface area contributed by atoms with Gasteiger partial charge in [0.25, 0.3) is 0 Å². The van der Waals surface area contributed by atoms with Crippen LogP contribution in [0.2, 0.25) is 0 Å². The van der Waals surface area contributed by atoms with Crippen molar-refractivity contribution in [1.82, 2.24) is 0 Å². The van der Waals surface area contributed by atoms with Crippen LogP contribution in [-0.2, 0) is 0 Å². The number of benzene rings is 1. The van der Waals surface area contributed by atoms with E-state index in [1.165, 1.54) is 36.8 Å². The molecule has 1 aromatic rings. The van der Waals surface area contributed by atoms with Gasteiger partial charge in [-0.2, -0.15) is 0 Å². The van der Waals surface area contributed by atoms with Gasteiger partial charge in [-0.1, -0.05) is 71.2 Å². The van der Waals surface area contributed by atoms with Gasteiger partial charge >= 0.3 is 0 Å². The molecule has 1 aromatic carbocycles. The normalized spacial score (nSPS) is 30.5. The molecular formula is C20H31Cl. The number of alkyl halides is 1. The van der Waals surface area contributed by atoms with E-state index in [1.807, 2.05) is 0 Å². The van der Waals surface area contributed by atoms with Crippen molar-refractivity contribution in [2.75, 3.05) is 0 Å². The minimum Gasteiger partial charge on any atom is -0.123 e. The Hall–Kier alpha value is -0.490. The second kappa shape index (κ2) is 7.68. The molecule has 5 unspecified atom stereocenters. The molecule has 0 radical (unpaired) electrons. The molecule has 0 aliphatic heterocycles. The molecule has 0 spiro atoms. The van der Waals surface area contributed by atoms with Crippen molar-refractivity contribution in [3.8, 4) is 0 Å². The Labute approximate surface area is 136 Å². The summed E-state index contributed by atoms with van der Waals surface area (Å²) in [4.78, 5) is 0. The first kappa shape index (κ1) is 16.9. The predicted octanol–water partition coefficient (Wildman–Crippen LogP) is 6.74. The van der Waals surface area contributed by atoms with Gasteiger partial charge in [0.1, 0.15) is 0 Å². The van der Waals surface area contributed by atoms with E-state index in [1.54, 1.807) is 0 Å². The highest BCUT2D eigenvalue weighted by molar-refractivity contribution is 6.21. The molecule has 0 bridgehead atoms. The van der Waals surface area contributed by atoms with Crippen molar-refractivity contribution in [2.24, 2.45) is 11.8 Å². The number of halogens is 1. The van der Waals surface area contributed by atoms with E-state index in [4.69, 9.17) is 11.6 Å². The Kier molecular flexibility index (Phi) is 6.17. The quantitative estimate of drug-likeness (QED) is 0.403. The average molecular weight is 307 g/mol. The lowest BCUT2D eigenvalue weighted by Crippen LogP contribution is -2.11. The van der Waals surface area contributed by atoms with Crippen LogP contribution in [-0.4, -0.2) is 5.38 Å². The monoisotopic (exact) mass is 306 g/mol. The summed E-state index contributed by atoms with van der Waals surface area (Å²) in [5, 5.41) is 0.345. The molecule has 5 atom stereocenters. The third-order valence-corrected chi connectivity index (χ3v) is 6.05. The average Bonchev–Trinajstić information content (AvgIpc) is 2.72. The second-order valence-electron chi connectivity index (χ2n) is 7.18. The lowest BCUT2D eigenvalue weighted by atomic mass is 9.83. The summed E-state index contributed by atoms with van der Waals surface area (Å²) in [6.45, 7) is 9.30. The molecule has 1 fully saturated rings. The van der Waals surface area contributed by atoms with Crippen molar-refractivity contribution in [3.63, 3.8) is 0 Å². The number of unbranched alkanes of at least 4 members (excludes halogenated alkanes) is 2. The summed E-state index contributed by atoms with van der Waals surface area (Å²) < 4.78 is 0. The summed E-state index contributed by atoms with van der Waals surface area (Å²) in [5.41, 5.74) is 2.98. The molecule has 0 aromatic heterocycles. The highest BCUT2D eigenvalue weighted by atomic mass is 35.5. The summed E-state index contributed by atoms with van der Waals surface area (Å²) in [7, 11) is 0. The zero-order valence-electron chi connectivity index (χ0n) is 14.1. The van der Waals surface area contributed by atoms with E-state index < -0.39 is 0 Å². The van der Waals surface area contributed by atoms with Crippen molar-refractivity contribution in [1.29, 1.82) is 0 Å². The second-order valence-corrected chi connectivity index (χ2v) is 7.74. The number of hydrogen-bond donors (Lipinski definition) is 0. The van der Waals surface area contributed by atoms with Crippen LogP contribution < -0.4 is 0 Å². The van der Waals surface area contributed by atoms with E-state index in [2.05, 4.69) is 52.0 Å². The molecule has 0 heterocycles. The largest absolute Gasteiger partial charge is 0.123 e. The van der Waals surface area contributed by atoms with E-state index in [0.717, 1.165) is 6.42 Å². The van der Waals surface area contributed by atoms with Crippen LogP contribution in [0, 0.1) is 11.8 Å². The fourth-order valence-electron chi connectivity index (χ4n) is 4.01. The van der Waals surface area contributed by atoms with Gasteiger partial charge in [0, 0.05) is 5.38 Å². The van der Waals surface area contributed by atoms with Gasteiger partial charge in [-0.05, 0) is 47.6 Å². The standard InChI is InChI=1S/C20H31Cl/c1-5-6-7-8-14(2)17-9-11-18(12-10-17)20-15(3)13-19(21)16(20)4/h9-12,14-16,19-20H,5-8,13H2,1-4H3. The van der Waals surface area contributed by atoms with Gasteiger partial charge < -0.3 is 0 Å². The van der Waals surface area contributed by atoms with Crippen molar-refractivity contribution in [2.45, 2.75) is 77.0 Å². The highest BCUT2D eigenvalue weighted by Crippen LogP contribution is 2.46. The Morgan fingerprint density at radius 1 is 1.14 bits per heavy atom. The molecule has 1 aliphatic carbocycles.